The molecule has 2 aromatic rings. The van der Waals surface area contributed by atoms with Crippen molar-refractivity contribution in [3.8, 4) is 16.9 Å². The van der Waals surface area contributed by atoms with Crippen LogP contribution < -0.4 is 10.5 Å². The van der Waals surface area contributed by atoms with Gasteiger partial charge < -0.3 is 10.5 Å². The Labute approximate surface area is 118 Å². The summed E-state index contributed by atoms with van der Waals surface area (Å²) < 4.78 is 7.77. The molecule has 0 aliphatic carbocycles. The number of aromatic nitrogens is 2. The van der Waals surface area contributed by atoms with Gasteiger partial charge in [-0.15, -0.1) is 0 Å². The fourth-order valence-electron chi connectivity index (χ4n) is 3.37. The van der Waals surface area contributed by atoms with Crippen LogP contribution in [0.25, 0.3) is 11.1 Å². The Morgan fingerprint density at radius 2 is 2.25 bits per heavy atom. The van der Waals surface area contributed by atoms with E-state index in [4.69, 9.17) is 15.6 Å². The highest BCUT2D eigenvalue weighted by atomic mass is 16.5. The molecule has 1 aromatic carbocycles. The van der Waals surface area contributed by atoms with Crippen molar-refractivity contribution in [1.29, 1.82) is 0 Å². The van der Waals surface area contributed by atoms with Crippen molar-refractivity contribution in [2.75, 3.05) is 13.2 Å². The first kappa shape index (κ1) is 12.0. The molecule has 0 spiro atoms. The molecule has 0 fully saturated rings. The van der Waals surface area contributed by atoms with Crippen LogP contribution in [-0.4, -0.2) is 22.9 Å². The molecule has 4 nitrogen and oxygen atoms in total. The maximum Gasteiger partial charge on any atom is 0.122 e. The fraction of sp³-hybridized carbons (Fsp3) is 0.438. The third-order valence-corrected chi connectivity index (χ3v) is 4.27. The summed E-state index contributed by atoms with van der Waals surface area (Å²) in [5.41, 5.74) is 12.2. The van der Waals surface area contributed by atoms with E-state index in [1.54, 1.807) is 0 Å². The zero-order chi connectivity index (χ0) is 13.5. The standard InChI is InChI=1S/C16H19N3O/c17-7-5-13-16(14-2-1-8-19(14)18-13)12-3-4-15-11(10-12)6-9-20-15/h3-4,10H,1-2,5-9,17H2. The molecule has 2 aliphatic heterocycles. The Balaban J connectivity index is 1.84. The second-order valence-corrected chi connectivity index (χ2v) is 5.55. The minimum Gasteiger partial charge on any atom is -0.493 e. The Morgan fingerprint density at radius 3 is 3.15 bits per heavy atom. The Hall–Kier alpha value is -1.81. The maximum absolute atomic E-state index is 5.75. The molecule has 0 saturated heterocycles. The molecule has 0 bridgehead atoms. The Morgan fingerprint density at radius 1 is 1.30 bits per heavy atom. The molecule has 3 heterocycles. The lowest BCUT2D eigenvalue weighted by atomic mass is 9.97. The van der Waals surface area contributed by atoms with Gasteiger partial charge in [0.25, 0.3) is 0 Å². The summed E-state index contributed by atoms with van der Waals surface area (Å²) in [6.07, 6.45) is 4.19. The van der Waals surface area contributed by atoms with Crippen molar-refractivity contribution in [3.05, 3.63) is 35.2 Å². The first-order chi connectivity index (χ1) is 9.86. The molecule has 0 unspecified atom stereocenters. The van der Waals surface area contributed by atoms with Gasteiger partial charge in [-0.3, -0.25) is 4.68 Å². The molecule has 104 valence electrons. The third-order valence-electron chi connectivity index (χ3n) is 4.27. The van der Waals surface area contributed by atoms with Crippen molar-refractivity contribution in [3.63, 3.8) is 0 Å². The van der Waals surface area contributed by atoms with E-state index in [-0.39, 0.29) is 0 Å². The number of aryl methyl sites for hydroxylation is 1. The van der Waals surface area contributed by atoms with Gasteiger partial charge in [-0.05, 0) is 42.6 Å². The van der Waals surface area contributed by atoms with Crippen LogP contribution in [-0.2, 0) is 25.8 Å². The zero-order valence-electron chi connectivity index (χ0n) is 11.6. The van der Waals surface area contributed by atoms with Gasteiger partial charge in [-0.25, -0.2) is 0 Å². The fourth-order valence-corrected chi connectivity index (χ4v) is 3.37. The molecule has 2 aliphatic rings. The van der Waals surface area contributed by atoms with E-state index >= 15 is 0 Å². The minimum atomic E-state index is 0.650. The first-order valence-electron chi connectivity index (χ1n) is 7.41. The van der Waals surface area contributed by atoms with Crippen LogP contribution in [0.3, 0.4) is 0 Å². The quantitative estimate of drug-likeness (QED) is 0.926. The lowest BCUT2D eigenvalue weighted by Crippen LogP contribution is -2.05. The summed E-state index contributed by atoms with van der Waals surface area (Å²) in [5.74, 6) is 1.04. The summed E-state index contributed by atoms with van der Waals surface area (Å²) >= 11 is 0. The van der Waals surface area contributed by atoms with Gasteiger partial charge in [-0.1, -0.05) is 6.07 Å². The van der Waals surface area contributed by atoms with Crippen molar-refractivity contribution < 1.29 is 4.74 Å². The number of ether oxygens (including phenoxy) is 1. The van der Waals surface area contributed by atoms with Gasteiger partial charge in [0.2, 0.25) is 0 Å². The molecule has 20 heavy (non-hydrogen) atoms. The van der Waals surface area contributed by atoms with E-state index < -0.39 is 0 Å². The van der Waals surface area contributed by atoms with Crippen LogP contribution in [0.1, 0.15) is 23.4 Å². The van der Waals surface area contributed by atoms with Gasteiger partial charge in [0.05, 0.1) is 12.3 Å². The molecule has 0 saturated carbocycles. The molecule has 0 radical (unpaired) electrons. The minimum absolute atomic E-state index is 0.650. The highest BCUT2D eigenvalue weighted by Crippen LogP contribution is 2.36. The van der Waals surface area contributed by atoms with Crippen LogP contribution >= 0.6 is 0 Å². The van der Waals surface area contributed by atoms with E-state index in [1.807, 2.05) is 0 Å². The second-order valence-electron chi connectivity index (χ2n) is 5.55. The van der Waals surface area contributed by atoms with Crippen LogP contribution in [0.5, 0.6) is 5.75 Å². The number of rotatable bonds is 3. The number of nitrogens with zero attached hydrogens (tertiary/aromatic N) is 2. The lowest BCUT2D eigenvalue weighted by molar-refractivity contribution is 0.357. The van der Waals surface area contributed by atoms with Gasteiger partial charge in [0.1, 0.15) is 5.75 Å². The summed E-state index contributed by atoms with van der Waals surface area (Å²) in [7, 11) is 0. The van der Waals surface area contributed by atoms with Gasteiger partial charge in [0.15, 0.2) is 0 Å². The monoisotopic (exact) mass is 269 g/mol. The summed E-state index contributed by atoms with van der Waals surface area (Å²) in [6.45, 7) is 2.50. The molecule has 2 N–H and O–H groups in total. The van der Waals surface area contributed by atoms with Crippen LogP contribution in [0.4, 0.5) is 0 Å². The molecule has 0 atom stereocenters. The van der Waals surface area contributed by atoms with Crippen molar-refractivity contribution in [2.45, 2.75) is 32.2 Å². The molecule has 4 heteroatoms. The average molecular weight is 269 g/mol. The van der Waals surface area contributed by atoms with E-state index in [0.29, 0.717) is 6.54 Å². The predicted octanol–water partition coefficient (Wildman–Crippen LogP) is 1.93. The predicted molar refractivity (Wildman–Crippen MR) is 77.9 cm³/mol. The van der Waals surface area contributed by atoms with E-state index in [1.165, 1.54) is 28.8 Å². The normalized spacial score (nSPS) is 16.1. The van der Waals surface area contributed by atoms with Crippen LogP contribution in [0, 0.1) is 0 Å². The van der Waals surface area contributed by atoms with Gasteiger partial charge in [-0.2, -0.15) is 5.10 Å². The molecule has 4 rings (SSSR count). The van der Waals surface area contributed by atoms with Gasteiger partial charge >= 0.3 is 0 Å². The second kappa shape index (κ2) is 4.63. The molecule has 1 aromatic heterocycles. The SMILES string of the molecule is NCCc1nn2c(c1-c1ccc3c(c1)CCO3)CCC2. The highest BCUT2D eigenvalue weighted by Gasteiger charge is 2.23. The van der Waals surface area contributed by atoms with E-state index in [2.05, 4.69) is 22.9 Å². The third kappa shape index (κ3) is 1.75. The van der Waals surface area contributed by atoms with E-state index in [0.717, 1.165) is 43.9 Å². The maximum atomic E-state index is 5.75. The van der Waals surface area contributed by atoms with Crippen LogP contribution in [0.2, 0.25) is 0 Å². The average Bonchev–Trinajstić information content (AvgIpc) is 3.12. The number of hydrogen-bond donors (Lipinski definition) is 1. The van der Waals surface area contributed by atoms with Crippen molar-refractivity contribution in [1.82, 2.24) is 9.78 Å². The van der Waals surface area contributed by atoms with Gasteiger partial charge in [0, 0.05) is 30.6 Å². The smallest absolute Gasteiger partial charge is 0.122 e. The Bertz CT molecular complexity index is 660. The van der Waals surface area contributed by atoms with Crippen molar-refractivity contribution in [2.24, 2.45) is 5.73 Å². The van der Waals surface area contributed by atoms with Crippen molar-refractivity contribution >= 4 is 0 Å². The first-order valence-corrected chi connectivity index (χ1v) is 7.41. The lowest BCUT2D eigenvalue weighted by Gasteiger charge is -2.07. The van der Waals surface area contributed by atoms with Crippen LogP contribution in [0.15, 0.2) is 18.2 Å². The molecular formula is C16H19N3O. The zero-order valence-corrected chi connectivity index (χ0v) is 11.6. The summed E-state index contributed by atoms with van der Waals surface area (Å²) in [4.78, 5) is 0. The number of fused-ring (bicyclic) bond motifs is 2. The molecule has 0 amide bonds. The number of benzene rings is 1. The van der Waals surface area contributed by atoms with E-state index in [9.17, 15) is 0 Å². The largest absolute Gasteiger partial charge is 0.493 e. The topological polar surface area (TPSA) is 53.1 Å². The number of nitrogens with two attached hydrogens (primary N) is 1. The number of hydrogen-bond acceptors (Lipinski definition) is 3. The summed E-state index contributed by atoms with van der Waals surface area (Å²) in [6, 6.07) is 6.54. The Kier molecular flexibility index (Phi) is 2.77. The molecular weight excluding hydrogens is 250 g/mol. The highest BCUT2D eigenvalue weighted by molar-refractivity contribution is 5.71. The summed E-state index contributed by atoms with van der Waals surface area (Å²) in [5, 5.41) is 4.76.